The molecule has 1 aromatic carbocycles. The maximum atomic E-state index is 12.0. The van der Waals surface area contributed by atoms with Crippen LogP contribution in [0.2, 0.25) is 0 Å². The Balaban J connectivity index is 2.64. The minimum absolute atomic E-state index is 0.0229. The van der Waals surface area contributed by atoms with Crippen LogP contribution in [-0.4, -0.2) is 11.9 Å². The van der Waals surface area contributed by atoms with E-state index in [4.69, 9.17) is 5.84 Å². The van der Waals surface area contributed by atoms with Crippen LogP contribution in [0.1, 0.15) is 49.0 Å². The van der Waals surface area contributed by atoms with Gasteiger partial charge in [-0.1, -0.05) is 19.8 Å². The Morgan fingerprint density at radius 2 is 2.17 bits per heavy atom. The molecule has 0 aliphatic rings. The molecule has 0 aliphatic carbocycles. The molecule has 4 heteroatoms. The van der Waals surface area contributed by atoms with Crippen molar-refractivity contribution in [1.82, 2.24) is 5.32 Å². The van der Waals surface area contributed by atoms with Crippen molar-refractivity contribution in [1.29, 1.82) is 0 Å². The topological polar surface area (TPSA) is 67.2 Å². The molecule has 0 saturated heterocycles. The van der Waals surface area contributed by atoms with Gasteiger partial charge in [0, 0.05) is 11.6 Å². The lowest BCUT2D eigenvalue weighted by atomic mass is 10.1. The summed E-state index contributed by atoms with van der Waals surface area (Å²) in [5.41, 5.74) is 5.08. The van der Waals surface area contributed by atoms with Crippen molar-refractivity contribution in [3.05, 3.63) is 29.3 Å². The number of hydrogen-bond donors (Lipinski definition) is 3. The molecule has 0 aromatic heterocycles. The fraction of sp³-hybridized carbons (Fsp3) is 0.500. The van der Waals surface area contributed by atoms with Crippen LogP contribution >= 0.6 is 0 Å². The lowest BCUT2D eigenvalue weighted by Gasteiger charge is -2.14. The third-order valence-corrected chi connectivity index (χ3v) is 3.01. The SMILES string of the molecule is CCCCC(C)NC(=O)c1ccc(NN)c(C)c1. The minimum Gasteiger partial charge on any atom is -0.350 e. The van der Waals surface area contributed by atoms with E-state index in [1.165, 1.54) is 0 Å². The van der Waals surface area contributed by atoms with Crippen LogP contribution in [0.4, 0.5) is 5.69 Å². The Bertz CT molecular complexity index is 404. The van der Waals surface area contributed by atoms with Crippen molar-refractivity contribution in [2.75, 3.05) is 5.43 Å². The number of nitrogen functional groups attached to an aromatic ring is 1. The van der Waals surface area contributed by atoms with Crippen LogP contribution < -0.4 is 16.6 Å². The third-order valence-electron chi connectivity index (χ3n) is 3.01. The largest absolute Gasteiger partial charge is 0.350 e. The van der Waals surface area contributed by atoms with Crippen molar-refractivity contribution in [3.8, 4) is 0 Å². The second-order valence-electron chi connectivity index (χ2n) is 4.69. The average Bonchev–Trinajstić information content (AvgIpc) is 2.36. The first-order valence-corrected chi connectivity index (χ1v) is 6.46. The predicted molar refractivity (Wildman–Crippen MR) is 75.4 cm³/mol. The van der Waals surface area contributed by atoms with E-state index in [0.29, 0.717) is 5.56 Å². The summed E-state index contributed by atoms with van der Waals surface area (Å²) in [4.78, 5) is 12.0. The summed E-state index contributed by atoms with van der Waals surface area (Å²) < 4.78 is 0. The highest BCUT2D eigenvalue weighted by Crippen LogP contribution is 2.15. The molecule has 1 rings (SSSR count). The van der Waals surface area contributed by atoms with Gasteiger partial charge in [0.2, 0.25) is 0 Å². The summed E-state index contributed by atoms with van der Waals surface area (Å²) in [6.45, 7) is 6.11. The molecular formula is C14H23N3O. The van der Waals surface area contributed by atoms with Gasteiger partial charge < -0.3 is 10.7 Å². The second kappa shape index (κ2) is 7.01. The van der Waals surface area contributed by atoms with Gasteiger partial charge in [-0.25, -0.2) is 0 Å². The van der Waals surface area contributed by atoms with Gasteiger partial charge in [-0.2, -0.15) is 0 Å². The number of amides is 1. The Kier molecular flexibility index (Phi) is 5.65. The molecule has 18 heavy (non-hydrogen) atoms. The highest BCUT2D eigenvalue weighted by molar-refractivity contribution is 5.95. The van der Waals surface area contributed by atoms with Crippen molar-refractivity contribution in [3.63, 3.8) is 0 Å². The van der Waals surface area contributed by atoms with Crippen LogP contribution in [0.15, 0.2) is 18.2 Å². The first kappa shape index (κ1) is 14.5. The molecule has 0 aliphatic heterocycles. The Morgan fingerprint density at radius 3 is 2.72 bits per heavy atom. The Morgan fingerprint density at radius 1 is 1.44 bits per heavy atom. The molecule has 1 amide bonds. The molecular weight excluding hydrogens is 226 g/mol. The summed E-state index contributed by atoms with van der Waals surface area (Å²) >= 11 is 0. The molecule has 0 radical (unpaired) electrons. The fourth-order valence-electron chi connectivity index (χ4n) is 1.86. The number of hydrazine groups is 1. The quantitative estimate of drug-likeness (QED) is 0.536. The predicted octanol–water partition coefficient (Wildman–Crippen LogP) is 2.59. The van der Waals surface area contributed by atoms with E-state index < -0.39 is 0 Å². The number of unbranched alkanes of at least 4 members (excludes halogenated alkanes) is 1. The summed E-state index contributed by atoms with van der Waals surface area (Å²) in [5.74, 6) is 5.34. The van der Waals surface area contributed by atoms with Gasteiger partial charge >= 0.3 is 0 Å². The van der Waals surface area contributed by atoms with Gasteiger partial charge in [0.15, 0.2) is 0 Å². The zero-order chi connectivity index (χ0) is 13.5. The lowest BCUT2D eigenvalue weighted by molar-refractivity contribution is 0.0938. The van der Waals surface area contributed by atoms with Crippen molar-refractivity contribution >= 4 is 11.6 Å². The zero-order valence-corrected chi connectivity index (χ0v) is 11.4. The number of hydrogen-bond acceptors (Lipinski definition) is 3. The van der Waals surface area contributed by atoms with Crippen LogP contribution in [-0.2, 0) is 0 Å². The van der Waals surface area contributed by atoms with Crippen LogP contribution in [0, 0.1) is 6.92 Å². The molecule has 0 bridgehead atoms. The molecule has 1 atom stereocenters. The molecule has 0 saturated carbocycles. The van der Waals surface area contributed by atoms with E-state index in [-0.39, 0.29) is 11.9 Å². The molecule has 4 nitrogen and oxygen atoms in total. The lowest BCUT2D eigenvalue weighted by Crippen LogP contribution is -2.32. The molecule has 0 heterocycles. The van der Waals surface area contributed by atoms with Gasteiger partial charge in [-0.3, -0.25) is 10.6 Å². The maximum absolute atomic E-state index is 12.0. The average molecular weight is 249 g/mol. The number of aryl methyl sites for hydroxylation is 1. The van der Waals surface area contributed by atoms with E-state index in [9.17, 15) is 4.79 Å². The molecule has 0 fully saturated rings. The summed E-state index contributed by atoms with van der Waals surface area (Å²) in [6, 6.07) is 5.66. The van der Waals surface area contributed by atoms with Crippen molar-refractivity contribution < 1.29 is 4.79 Å². The fourth-order valence-corrected chi connectivity index (χ4v) is 1.86. The number of nitrogens with two attached hydrogens (primary N) is 1. The van der Waals surface area contributed by atoms with Gasteiger partial charge in [0.25, 0.3) is 5.91 Å². The Hall–Kier alpha value is -1.55. The number of rotatable bonds is 6. The van der Waals surface area contributed by atoms with Crippen molar-refractivity contribution in [2.45, 2.75) is 46.1 Å². The monoisotopic (exact) mass is 249 g/mol. The zero-order valence-electron chi connectivity index (χ0n) is 11.4. The number of carbonyl (C=O) groups excluding carboxylic acids is 1. The highest BCUT2D eigenvalue weighted by atomic mass is 16.1. The molecule has 100 valence electrons. The van der Waals surface area contributed by atoms with Gasteiger partial charge in [-0.05, 0) is 44.0 Å². The maximum Gasteiger partial charge on any atom is 0.251 e. The smallest absolute Gasteiger partial charge is 0.251 e. The van der Waals surface area contributed by atoms with E-state index in [2.05, 4.69) is 17.7 Å². The third kappa shape index (κ3) is 4.04. The molecule has 1 aromatic rings. The number of carbonyl (C=O) groups is 1. The first-order valence-electron chi connectivity index (χ1n) is 6.46. The van der Waals surface area contributed by atoms with E-state index in [1.807, 2.05) is 26.0 Å². The van der Waals surface area contributed by atoms with Crippen LogP contribution in [0.5, 0.6) is 0 Å². The standard InChI is InChI=1S/C14H23N3O/c1-4-5-6-11(3)16-14(18)12-7-8-13(17-15)10(2)9-12/h7-9,11,17H,4-6,15H2,1-3H3,(H,16,18). The number of nitrogens with one attached hydrogen (secondary N) is 2. The van der Waals surface area contributed by atoms with Crippen LogP contribution in [0.25, 0.3) is 0 Å². The van der Waals surface area contributed by atoms with Crippen LogP contribution in [0.3, 0.4) is 0 Å². The van der Waals surface area contributed by atoms with E-state index >= 15 is 0 Å². The minimum atomic E-state index is -0.0229. The molecule has 0 spiro atoms. The summed E-state index contributed by atoms with van der Waals surface area (Å²) in [5, 5.41) is 3.01. The summed E-state index contributed by atoms with van der Waals surface area (Å²) in [6.07, 6.45) is 3.30. The van der Waals surface area contributed by atoms with Gasteiger partial charge in [-0.15, -0.1) is 0 Å². The highest BCUT2D eigenvalue weighted by Gasteiger charge is 2.10. The van der Waals surface area contributed by atoms with Gasteiger partial charge in [0.1, 0.15) is 0 Å². The molecule has 4 N–H and O–H groups in total. The summed E-state index contributed by atoms with van der Waals surface area (Å²) in [7, 11) is 0. The number of anilines is 1. The molecule has 1 unspecified atom stereocenters. The first-order chi connectivity index (χ1) is 8.58. The van der Waals surface area contributed by atoms with Gasteiger partial charge in [0.05, 0.1) is 5.69 Å². The van der Waals surface area contributed by atoms with E-state index in [0.717, 1.165) is 30.5 Å². The number of benzene rings is 1. The van der Waals surface area contributed by atoms with Crippen molar-refractivity contribution in [2.24, 2.45) is 5.84 Å². The van der Waals surface area contributed by atoms with E-state index in [1.54, 1.807) is 6.07 Å². The Labute approximate surface area is 109 Å². The normalized spacial score (nSPS) is 12.0. The second-order valence-corrected chi connectivity index (χ2v) is 4.69.